The van der Waals surface area contributed by atoms with Gasteiger partial charge in [-0.05, 0) is 74.6 Å². The smallest absolute Gasteiger partial charge is 0.221 e. The van der Waals surface area contributed by atoms with Gasteiger partial charge in [-0.25, -0.2) is 0 Å². The van der Waals surface area contributed by atoms with Crippen molar-refractivity contribution >= 4 is 28.4 Å². The van der Waals surface area contributed by atoms with E-state index in [9.17, 15) is 4.79 Å². The molecule has 0 spiro atoms. The van der Waals surface area contributed by atoms with Crippen LogP contribution in [0.3, 0.4) is 0 Å². The molecule has 0 radical (unpaired) electrons. The highest BCUT2D eigenvalue weighted by molar-refractivity contribution is 6.30. The first-order chi connectivity index (χ1) is 16.0. The minimum absolute atomic E-state index is 0.0361. The van der Waals surface area contributed by atoms with Gasteiger partial charge >= 0.3 is 0 Å². The number of para-hydroxylation sites is 1. The number of aromatic nitrogens is 1. The average Bonchev–Trinajstić information content (AvgIpc) is 3.25. The third-order valence-corrected chi connectivity index (χ3v) is 6.92. The number of carbonyl (C=O) groups is 1. The highest BCUT2D eigenvalue weighted by atomic mass is 35.5. The van der Waals surface area contributed by atoms with Gasteiger partial charge in [0.1, 0.15) is 0 Å². The number of aryl methyl sites for hydroxylation is 1. The van der Waals surface area contributed by atoms with Crippen LogP contribution in [-0.4, -0.2) is 41.5 Å². The summed E-state index contributed by atoms with van der Waals surface area (Å²) in [6.45, 7) is 11.9. The fraction of sp³-hybridized carbons (Fsp3) is 0.464. The fourth-order valence-electron chi connectivity index (χ4n) is 4.68. The third kappa shape index (κ3) is 6.61. The van der Waals surface area contributed by atoms with Gasteiger partial charge in [-0.2, -0.15) is 0 Å². The van der Waals surface area contributed by atoms with Gasteiger partial charge in [0.05, 0.1) is 0 Å². The SMILES string of the molecule is CCc1cccc2c([C@H](CC(=O)N[C@H](C)CCCN(CC)CC)c3ccc(Cl)cc3)c[nH]c12. The van der Waals surface area contributed by atoms with E-state index >= 15 is 0 Å². The molecule has 2 atom stereocenters. The summed E-state index contributed by atoms with van der Waals surface area (Å²) in [5, 5.41) is 5.13. The Kier molecular flexibility index (Phi) is 9.40. The van der Waals surface area contributed by atoms with E-state index in [4.69, 9.17) is 11.6 Å². The number of aromatic amines is 1. The van der Waals surface area contributed by atoms with Crippen molar-refractivity contribution in [2.45, 2.75) is 65.3 Å². The second-order valence-electron chi connectivity index (χ2n) is 8.88. The lowest BCUT2D eigenvalue weighted by Crippen LogP contribution is -2.34. The van der Waals surface area contributed by atoms with Gasteiger partial charge in [-0.1, -0.05) is 62.7 Å². The number of fused-ring (bicyclic) bond motifs is 1. The van der Waals surface area contributed by atoms with E-state index in [1.54, 1.807) is 0 Å². The first-order valence-electron chi connectivity index (χ1n) is 12.3. The summed E-state index contributed by atoms with van der Waals surface area (Å²) in [6, 6.07) is 14.5. The predicted molar refractivity (Wildman–Crippen MR) is 140 cm³/mol. The molecule has 5 heteroatoms. The maximum absolute atomic E-state index is 13.1. The van der Waals surface area contributed by atoms with Crippen LogP contribution in [0.2, 0.25) is 5.02 Å². The summed E-state index contributed by atoms with van der Waals surface area (Å²) in [7, 11) is 0. The monoisotopic (exact) mass is 467 g/mol. The van der Waals surface area contributed by atoms with Crippen molar-refractivity contribution in [1.82, 2.24) is 15.2 Å². The second kappa shape index (κ2) is 12.2. The molecule has 1 amide bonds. The van der Waals surface area contributed by atoms with Crippen LogP contribution in [-0.2, 0) is 11.2 Å². The standard InChI is InChI=1S/C28H38ClN3O/c1-5-21-11-8-12-24-26(19-30-28(21)24)25(22-13-15-23(29)16-14-22)18-27(33)31-20(4)10-9-17-32(6-2)7-3/h8,11-16,19-20,25,30H,5-7,9-10,17-18H2,1-4H3,(H,31,33)/t20-,25-/m1/s1. The third-order valence-electron chi connectivity index (χ3n) is 6.67. The molecule has 0 unspecified atom stereocenters. The van der Waals surface area contributed by atoms with Crippen LogP contribution in [0, 0.1) is 0 Å². The van der Waals surface area contributed by atoms with E-state index in [1.807, 2.05) is 24.3 Å². The summed E-state index contributed by atoms with van der Waals surface area (Å²) in [5.41, 5.74) is 4.72. The first-order valence-corrected chi connectivity index (χ1v) is 12.7. The Labute approximate surface area is 203 Å². The van der Waals surface area contributed by atoms with Gasteiger partial charge in [0.2, 0.25) is 5.91 Å². The molecule has 0 aliphatic rings. The van der Waals surface area contributed by atoms with Crippen molar-refractivity contribution in [2.24, 2.45) is 0 Å². The number of nitrogens with zero attached hydrogens (tertiary/aromatic N) is 1. The molecule has 0 bridgehead atoms. The molecule has 0 aliphatic heterocycles. The van der Waals surface area contributed by atoms with Gasteiger partial charge in [-0.15, -0.1) is 0 Å². The van der Waals surface area contributed by atoms with Crippen LogP contribution in [0.5, 0.6) is 0 Å². The van der Waals surface area contributed by atoms with Crippen LogP contribution >= 0.6 is 11.6 Å². The maximum atomic E-state index is 13.1. The van der Waals surface area contributed by atoms with E-state index in [0.29, 0.717) is 11.4 Å². The Balaban J connectivity index is 1.76. The minimum Gasteiger partial charge on any atom is -0.361 e. The Hall–Kier alpha value is -2.30. The molecule has 178 valence electrons. The van der Waals surface area contributed by atoms with E-state index in [1.165, 1.54) is 16.5 Å². The largest absolute Gasteiger partial charge is 0.361 e. The van der Waals surface area contributed by atoms with Crippen LogP contribution in [0.15, 0.2) is 48.7 Å². The van der Waals surface area contributed by atoms with Crippen LogP contribution in [0.1, 0.15) is 69.6 Å². The summed E-state index contributed by atoms with van der Waals surface area (Å²) in [6.07, 6.45) is 5.52. The lowest BCUT2D eigenvalue weighted by Gasteiger charge is -2.21. The topological polar surface area (TPSA) is 48.1 Å². The van der Waals surface area contributed by atoms with Gasteiger partial charge in [0.25, 0.3) is 0 Å². The zero-order valence-electron chi connectivity index (χ0n) is 20.5. The maximum Gasteiger partial charge on any atom is 0.221 e. The zero-order chi connectivity index (χ0) is 23.8. The van der Waals surface area contributed by atoms with Crippen LogP contribution < -0.4 is 5.32 Å². The molecule has 0 fully saturated rings. The molecule has 0 aliphatic carbocycles. The first kappa shape index (κ1) is 25.3. The van der Waals surface area contributed by atoms with E-state index in [0.717, 1.165) is 50.0 Å². The molecular weight excluding hydrogens is 430 g/mol. The number of halogens is 1. The molecular formula is C28H38ClN3O. The summed E-state index contributed by atoms with van der Waals surface area (Å²) in [5.74, 6) is 0.0530. The van der Waals surface area contributed by atoms with E-state index in [-0.39, 0.29) is 17.9 Å². The molecule has 0 saturated heterocycles. The molecule has 1 heterocycles. The van der Waals surface area contributed by atoms with Crippen molar-refractivity contribution in [2.75, 3.05) is 19.6 Å². The number of hydrogen-bond donors (Lipinski definition) is 2. The van der Waals surface area contributed by atoms with Crippen molar-refractivity contribution in [3.8, 4) is 0 Å². The number of amides is 1. The molecule has 2 N–H and O–H groups in total. The number of nitrogens with one attached hydrogen (secondary N) is 2. The quantitative estimate of drug-likeness (QED) is 0.318. The summed E-state index contributed by atoms with van der Waals surface area (Å²) in [4.78, 5) is 19.0. The second-order valence-corrected chi connectivity index (χ2v) is 9.32. The molecule has 2 aromatic carbocycles. The summed E-state index contributed by atoms with van der Waals surface area (Å²) < 4.78 is 0. The number of H-pyrrole nitrogens is 1. The highest BCUT2D eigenvalue weighted by Gasteiger charge is 2.23. The normalized spacial score (nSPS) is 13.4. The minimum atomic E-state index is -0.0361. The van der Waals surface area contributed by atoms with Crippen molar-refractivity contribution in [3.05, 3.63) is 70.4 Å². The van der Waals surface area contributed by atoms with Gasteiger partial charge < -0.3 is 15.2 Å². The molecule has 4 nitrogen and oxygen atoms in total. The van der Waals surface area contributed by atoms with Gasteiger partial charge in [0, 0.05) is 40.5 Å². The van der Waals surface area contributed by atoms with E-state index in [2.05, 4.69) is 67.3 Å². The molecule has 33 heavy (non-hydrogen) atoms. The number of hydrogen-bond acceptors (Lipinski definition) is 2. The lowest BCUT2D eigenvalue weighted by molar-refractivity contribution is -0.121. The van der Waals surface area contributed by atoms with Crippen LogP contribution in [0.4, 0.5) is 0 Å². The average molecular weight is 468 g/mol. The summed E-state index contributed by atoms with van der Waals surface area (Å²) >= 11 is 6.15. The highest BCUT2D eigenvalue weighted by Crippen LogP contribution is 2.35. The zero-order valence-corrected chi connectivity index (χ0v) is 21.2. The molecule has 0 saturated carbocycles. The number of carbonyl (C=O) groups excluding carboxylic acids is 1. The van der Waals surface area contributed by atoms with Crippen molar-refractivity contribution in [1.29, 1.82) is 0 Å². The van der Waals surface area contributed by atoms with Crippen molar-refractivity contribution in [3.63, 3.8) is 0 Å². The molecule has 1 aromatic heterocycles. The van der Waals surface area contributed by atoms with Gasteiger partial charge in [-0.3, -0.25) is 4.79 Å². The Bertz CT molecular complexity index is 1020. The van der Waals surface area contributed by atoms with Crippen molar-refractivity contribution < 1.29 is 4.79 Å². The number of benzene rings is 2. The fourth-order valence-corrected chi connectivity index (χ4v) is 4.80. The predicted octanol–water partition coefficient (Wildman–Crippen LogP) is 6.53. The Morgan fingerprint density at radius 3 is 2.48 bits per heavy atom. The van der Waals surface area contributed by atoms with Crippen LogP contribution in [0.25, 0.3) is 10.9 Å². The Morgan fingerprint density at radius 2 is 1.82 bits per heavy atom. The molecule has 3 aromatic rings. The van der Waals surface area contributed by atoms with E-state index < -0.39 is 0 Å². The molecule has 3 rings (SSSR count). The number of rotatable bonds is 12. The lowest BCUT2D eigenvalue weighted by atomic mass is 9.87. The Morgan fingerprint density at radius 1 is 1.09 bits per heavy atom. The van der Waals surface area contributed by atoms with Gasteiger partial charge in [0.15, 0.2) is 0 Å².